The summed E-state index contributed by atoms with van der Waals surface area (Å²) in [5.74, 6) is 1.35. The second-order valence-corrected chi connectivity index (χ2v) is 8.11. The normalized spacial score (nSPS) is 18.9. The molecule has 1 amide bonds. The summed E-state index contributed by atoms with van der Waals surface area (Å²) in [6.07, 6.45) is 4.41. The molecule has 1 aromatic carbocycles. The molecule has 2 aliphatic rings. The van der Waals surface area contributed by atoms with Crippen molar-refractivity contribution in [2.45, 2.75) is 32.2 Å². The molecule has 1 atom stereocenters. The van der Waals surface area contributed by atoms with Gasteiger partial charge in [-0.3, -0.25) is 9.59 Å². The summed E-state index contributed by atoms with van der Waals surface area (Å²) in [4.78, 5) is 26.0. The van der Waals surface area contributed by atoms with Crippen LogP contribution in [0.2, 0.25) is 0 Å². The molecule has 1 unspecified atom stereocenters. The van der Waals surface area contributed by atoms with Crippen molar-refractivity contribution in [1.82, 2.24) is 15.2 Å². The molecule has 0 radical (unpaired) electrons. The molecule has 7 heteroatoms. The molecule has 0 bridgehead atoms. The number of hydrogen-bond acceptors (Lipinski definition) is 5. The summed E-state index contributed by atoms with van der Waals surface area (Å²) in [7, 11) is 1.63. The van der Waals surface area contributed by atoms with E-state index in [4.69, 9.17) is 9.47 Å². The van der Waals surface area contributed by atoms with E-state index in [1.54, 1.807) is 11.7 Å². The molecule has 30 heavy (non-hydrogen) atoms. The van der Waals surface area contributed by atoms with Crippen molar-refractivity contribution in [3.05, 3.63) is 57.5 Å². The van der Waals surface area contributed by atoms with Crippen LogP contribution in [-0.4, -0.2) is 43.8 Å². The average Bonchev–Trinajstić information content (AvgIpc) is 2.77. The third-order valence-corrected chi connectivity index (χ3v) is 6.06. The smallest absolute Gasteiger partial charge is 0.263 e. The number of nitrogens with zero attached hydrogens (tertiary/aromatic N) is 1. The topological polar surface area (TPSA) is 81.6 Å². The maximum atomic E-state index is 13.1. The summed E-state index contributed by atoms with van der Waals surface area (Å²) in [6.45, 7) is 4.55. The molecule has 1 aromatic heterocycles. The number of amides is 1. The van der Waals surface area contributed by atoms with E-state index >= 15 is 0 Å². The fraction of sp³-hybridized carbons (Fsp3) is 0.478. The van der Waals surface area contributed by atoms with Gasteiger partial charge >= 0.3 is 0 Å². The molecule has 160 valence electrons. The summed E-state index contributed by atoms with van der Waals surface area (Å²) >= 11 is 0. The Kier molecular flexibility index (Phi) is 6.08. The van der Waals surface area contributed by atoms with Crippen LogP contribution in [0.1, 0.15) is 40.4 Å². The zero-order valence-corrected chi connectivity index (χ0v) is 17.6. The van der Waals surface area contributed by atoms with Crippen LogP contribution >= 0.6 is 0 Å². The Hall–Kier alpha value is -2.80. The van der Waals surface area contributed by atoms with E-state index in [9.17, 15) is 9.59 Å². The van der Waals surface area contributed by atoms with Crippen LogP contribution in [0.15, 0.2) is 35.3 Å². The lowest BCUT2D eigenvalue weighted by atomic mass is 9.96. The van der Waals surface area contributed by atoms with Crippen molar-refractivity contribution in [2.24, 2.45) is 5.92 Å². The Morgan fingerprint density at radius 3 is 2.87 bits per heavy atom. The summed E-state index contributed by atoms with van der Waals surface area (Å²) in [5.41, 5.74) is 1.82. The zero-order chi connectivity index (χ0) is 21.1. The number of aryl methyl sites for hydroxylation is 1. The first-order chi connectivity index (χ1) is 14.6. The van der Waals surface area contributed by atoms with Crippen molar-refractivity contribution in [3.63, 3.8) is 0 Å². The maximum Gasteiger partial charge on any atom is 0.263 e. The minimum atomic E-state index is -0.308. The molecular formula is C23H29N3O4. The third kappa shape index (κ3) is 4.07. The van der Waals surface area contributed by atoms with E-state index < -0.39 is 0 Å². The maximum absolute atomic E-state index is 13.1. The quantitative estimate of drug-likeness (QED) is 0.787. The summed E-state index contributed by atoms with van der Waals surface area (Å²) in [5, 5.41) is 6.27. The van der Waals surface area contributed by atoms with Gasteiger partial charge in [-0.05, 0) is 62.5 Å². The van der Waals surface area contributed by atoms with Crippen LogP contribution in [-0.2, 0) is 6.42 Å². The molecule has 0 aliphatic carbocycles. The number of piperidine rings is 1. The number of para-hydroxylation sites is 1. The highest BCUT2D eigenvalue weighted by Gasteiger charge is 2.25. The summed E-state index contributed by atoms with van der Waals surface area (Å²) in [6, 6.07) is 7.85. The highest BCUT2D eigenvalue weighted by molar-refractivity contribution is 5.95. The third-order valence-electron chi connectivity index (χ3n) is 6.06. The van der Waals surface area contributed by atoms with Gasteiger partial charge in [-0.25, -0.2) is 0 Å². The van der Waals surface area contributed by atoms with Crippen LogP contribution in [0.25, 0.3) is 0 Å². The van der Waals surface area contributed by atoms with Gasteiger partial charge in [0, 0.05) is 24.7 Å². The molecule has 1 saturated heterocycles. The first-order valence-corrected chi connectivity index (χ1v) is 10.6. The second kappa shape index (κ2) is 8.92. The van der Waals surface area contributed by atoms with E-state index in [0.29, 0.717) is 18.7 Å². The van der Waals surface area contributed by atoms with E-state index in [1.807, 2.05) is 37.4 Å². The molecule has 0 saturated carbocycles. The Labute approximate surface area is 176 Å². The van der Waals surface area contributed by atoms with E-state index in [0.717, 1.165) is 49.4 Å². The van der Waals surface area contributed by atoms with Crippen LogP contribution < -0.4 is 25.7 Å². The van der Waals surface area contributed by atoms with Crippen LogP contribution in [0, 0.1) is 12.8 Å². The predicted octanol–water partition coefficient (Wildman–Crippen LogP) is 2.07. The fourth-order valence-electron chi connectivity index (χ4n) is 4.36. The number of carbonyl (C=O) groups excluding carboxylic acids is 1. The van der Waals surface area contributed by atoms with Gasteiger partial charge in [0.2, 0.25) is 0 Å². The van der Waals surface area contributed by atoms with E-state index in [2.05, 4.69) is 10.6 Å². The van der Waals surface area contributed by atoms with Crippen LogP contribution in [0.5, 0.6) is 11.5 Å². The number of fused-ring (bicyclic) bond motifs is 1. The van der Waals surface area contributed by atoms with Crippen molar-refractivity contribution >= 4 is 5.91 Å². The van der Waals surface area contributed by atoms with Gasteiger partial charge in [0.15, 0.2) is 11.5 Å². The molecule has 4 rings (SSSR count). The fourth-order valence-corrected chi connectivity index (χ4v) is 4.36. The Morgan fingerprint density at radius 2 is 2.10 bits per heavy atom. The number of ether oxygens (including phenoxy) is 2. The average molecular weight is 412 g/mol. The van der Waals surface area contributed by atoms with Gasteiger partial charge in [-0.15, -0.1) is 0 Å². The number of carbonyl (C=O) groups is 1. The first kappa shape index (κ1) is 20.5. The lowest BCUT2D eigenvalue weighted by molar-refractivity contribution is 0.0935. The largest absolute Gasteiger partial charge is 0.493 e. The van der Waals surface area contributed by atoms with Crippen molar-refractivity contribution in [3.8, 4) is 11.5 Å². The second-order valence-electron chi connectivity index (χ2n) is 8.11. The predicted molar refractivity (Wildman–Crippen MR) is 115 cm³/mol. The molecule has 2 N–H and O–H groups in total. The number of pyridine rings is 1. The van der Waals surface area contributed by atoms with Crippen molar-refractivity contribution in [1.29, 1.82) is 0 Å². The number of nitrogens with one attached hydrogen (secondary N) is 2. The standard InChI is InChI=1S/C23H29N3O4/c1-15-8-11-26(18-6-9-24-10-7-18)23(28)20(15)22(27)25-13-16-12-17-4-3-5-19(29-2)21(17)30-14-16/h3-5,8,11,16,18,24H,6-7,9-10,12-14H2,1-2H3,(H,25,27). The number of hydrogen-bond donors (Lipinski definition) is 2. The molecule has 7 nitrogen and oxygen atoms in total. The molecule has 0 spiro atoms. The molecule has 2 aromatic rings. The van der Waals surface area contributed by atoms with Gasteiger partial charge < -0.3 is 24.7 Å². The lowest BCUT2D eigenvalue weighted by Gasteiger charge is -2.27. The molecular weight excluding hydrogens is 382 g/mol. The van der Waals surface area contributed by atoms with Gasteiger partial charge in [0.05, 0.1) is 13.7 Å². The highest BCUT2D eigenvalue weighted by atomic mass is 16.5. The Balaban J connectivity index is 1.45. The molecule has 3 heterocycles. The minimum Gasteiger partial charge on any atom is -0.493 e. The van der Waals surface area contributed by atoms with Crippen molar-refractivity contribution in [2.75, 3.05) is 33.4 Å². The number of aromatic nitrogens is 1. The van der Waals surface area contributed by atoms with E-state index in [1.165, 1.54) is 0 Å². The van der Waals surface area contributed by atoms with Gasteiger partial charge in [0.1, 0.15) is 5.56 Å². The minimum absolute atomic E-state index is 0.143. The van der Waals surface area contributed by atoms with Gasteiger partial charge in [-0.1, -0.05) is 12.1 Å². The zero-order valence-electron chi connectivity index (χ0n) is 17.6. The van der Waals surface area contributed by atoms with Crippen LogP contribution in [0.4, 0.5) is 0 Å². The highest BCUT2D eigenvalue weighted by Crippen LogP contribution is 2.35. The van der Waals surface area contributed by atoms with Crippen LogP contribution in [0.3, 0.4) is 0 Å². The molecule has 2 aliphatic heterocycles. The molecule has 1 fully saturated rings. The van der Waals surface area contributed by atoms with Crippen molar-refractivity contribution < 1.29 is 14.3 Å². The lowest BCUT2D eigenvalue weighted by Crippen LogP contribution is -2.40. The summed E-state index contributed by atoms with van der Waals surface area (Å²) < 4.78 is 13.0. The number of methoxy groups -OCH3 is 1. The number of benzene rings is 1. The van der Waals surface area contributed by atoms with E-state index in [-0.39, 0.29) is 29.0 Å². The monoisotopic (exact) mass is 411 g/mol. The first-order valence-electron chi connectivity index (χ1n) is 10.6. The SMILES string of the molecule is COc1cccc2c1OCC(CNC(=O)c1c(C)ccn(C3CCNCC3)c1=O)C2. The number of rotatable bonds is 5. The Morgan fingerprint density at radius 1 is 1.30 bits per heavy atom. The van der Waals surface area contributed by atoms with Gasteiger partial charge in [0.25, 0.3) is 11.5 Å². The van der Waals surface area contributed by atoms with Gasteiger partial charge in [-0.2, -0.15) is 0 Å². The Bertz CT molecular complexity index is 979.